The molecule has 3 aromatic rings. The van der Waals surface area contributed by atoms with Crippen LogP contribution < -0.4 is 10.6 Å². The summed E-state index contributed by atoms with van der Waals surface area (Å²) in [7, 11) is 0. The van der Waals surface area contributed by atoms with Crippen LogP contribution in [-0.4, -0.2) is 21.9 Å². The number of aromatic nitrogens is 2. The van der Waals surface area contributed by atoms with Crippen molar-refractivity contribution in [1.82, 2.24) is 15.1 Å². The minimum Gasteiger partial charge on any atom is -0.362 e. The van der Waals surface area contributed by atoms with Crippen molar-refractivity contribution >= 4 is 23.1 Å². The zero-order valence-electron chi connectivity index (χ0n) is 14.6. The van der Waals surface area contributed by atoms with Gasteiger partial charge in [-0.2, -0.15) is 18.3 Å². The van der Waals surface area contributed by atoms with Crippen LogP contribution in [0.15, 0.2) is 54.0 Å². The highest BCUT2D eigenvalue weighted by atomic mass is 32.1. The number of anilines is 1. The molecule has 1 aliphatic rings. The Balaban J connectivity index is 1.61. The topological polar surface area (TPSA) is 59.0 Å². The molecule has 0 saturated carbocycles. The van der Waals surface area contributed by atoms with Gasteiger partial charge in [-0.25, -0.2) is 4.68 Å². The van der Waals surface area contributed by atoms with Gasteiger partial charge in [0, 0.05) is 17.8 Å². The van der Waals surface area contributed by atoms with E-state index < -0.39 is 24.2 Å². The van der Waals surface area contributed by atoms with Crippen LogP contribution in [0, 0.1) is 0 Å². The number of rotatable bonds is 4. The van der Waals surface area contributed by atoms with Gasteiger partial charge in [-0.15, -0.1) is 11.3 Å². The summed E-state index contributed by atoms with van der Waals surface area (Å²) in [5.41, 5.74) is 1.00. The quantitative estimate of drug-likeness (QED) is 0.669. The fourth-order valence-corrected chi connectivity index (χ4v) is 4.07. The SMILES string of the molecule is O=C(NCc1ccccc1)c1cnn2c1N[C@H](c1cccs1)C[C@@H]2C(F)(F)F. The molecule has 1 aliphatic heterocycles. The molecule has 2 aromatic heterocycles. The average Bonchev–Trinajstić information content (AvgIpc) is 3.35. The van der Waals surface area contributed by atoms with Crippen molar-refractivity contribution in [1.29, 1.82) is 0 Å². The predicted molar refractivity (Wildman–Crippen MR) is 100 cm³/mol. The molecule has 1 aromatic carbocycles. The van der Waals surface area contributed by atoms with E-state index in [-0.39, 0.29) is 24.3 Å². The lowest BCUT2D eigenvalue weighted by Gasteiger charge is -2.33. The van der Waals surface area contributed by atoms with Crippen molar-refractivity contribution in [2.24, 2.45) is 0 Å². The third-order valence-electron chi connectivity index (χ3n) is 4.67. The van der Waals surface area contributed by atoms with Gasteiger partial charge in [0.1, 0.15) is 11.4 Å². The molecule has 9 heteroatoms. The summed E-state index contributed by atoms with van der Waals surface area (Å²) < 4.78 is 41.8. The lowest BCUT2D eigenvalue weighted by atomic mass is 10.0. The van der Waals surface area contributed by atoms with Crippen LogP contribution >= 0.6 is 11.3 Å². The zero-order valence-corrected chi connectivity index (χ0v) is 15.4. The van der Waals surface area contributed by atoms with E-state index in [4.69, 9.17) is 0 Å². The predicted octanol–water partition coefficient (Wildman–Crippen LogP) is 4.53. The summed E-state index contributed by atoms with van der Waals surface area (Å²) in [4.78, 5) is 13.4. The number of nitrogens with one attached hydrogen (secondary N) is 2. The van der Waals surface area contributed by atoms with Crippen molar-refractivity contribution in [2.75, 3.05) is 5.32 Å². The zero-order chi connectivity index (χ0) is 19.7. The Bertz CT molecular complexity index is 953. The molecule has 0 spiro atoms. The van der Waals surface area contributed by atoms with Crippen LogP contribution in [0.1, 0.15) is 39.3 Å². The summed E-state index contributed by atoms with van der Waals surface area (Å²) in [6, 6.07) is 10.6. The number of hydrogen-bond acceptors (Lipinski definition) is 4. The standard InChI is InChI=1S/C19H17F3N4OS/c20-19(21,22)16-9-14(15-7-4-8-28-15)25-17-13(11-24-26(16)17)18(27)23-10-12-5-2-1-3-6-12/h1-8,11,14,16,25H,9-10H2,(H,23,27)/t14-,16+/m0/s1. The van der Waals surface area contributed by atoms with Crippen LogP contribution in [0.2, 0.25) is 0 Å². The van der Waals surface area contributed by atoms with E-state index >= 15 is 0 Å². The van der Waals surface area contributed by atoms with Crippen LogP contribution in [-0.2, 0) is 6.54 Å². The van der Waals surface area contributed by atoms with Crippen LogP contribution in [0.3, 0.4) is 0 Å². The Kier molecular flexibility index (Phi) is 4.84. The fourth-order valence-electron chi connectivity index (χ4n) is 3.28. The summed E-state index contributed by atoms with van der Waals surface area (Å²) in [6.45, 7) is 0.279. The molecule has 0 aliphatic carbocycles. The molecule has 4 rings (SSSR count). The summed E-state index contributed by atoms with van der Waals surface area (Å²) >= 11 is 1.38. The maximum atomic E-state index is 13.6. The summed E-state index contributed by atoms with van der Waals surface area (Å²) in [6.07, 6.45) is -3.45. The van der Waals surface area contributed by atoms with Gasteiger partial charge in [0.25, 0.3) is 5.91 Å². The molecule has 0 bridgehead atoms. The Hall–Kier alpha value is -2.81. The van der Waals surface area contributed by atoms with E-state index in [0.717, 1.165) is 15.1 Å². The molecule has 0 radical (unpaired) electrons. The maximum absolute atomic E-state index is 13.6. The second kappa shape index (κ2) is 7.31. The van der Waals surface area contributed by atoms with Gasteiger partial charge in [0.05, 0.1) is 12.2 Å². The molecule has 5 nitrogen and oxygen atoms in total. The van der Waals surface area contributed by atoms with E-state index in [2.05, 4.69) is 15.7 Å². The molecule has 0 saturated heterocycles. The number of hydrogen-bond donors (Lipinski definition) is 2. The number of alkyl halides is 3. The number of halogens is 3. The van der Waals surface area contributed by atoms with Crippen molar-refractivity contribution in [3.05, 3.63) is 70.0 Å². The minimum atomic E-state index is -4.46. The van der Waals surface area contributed by atoms with E-state index in [0.29, 0.717) is 0 Å². The summed E-state index contributed by atoms with van der Waals surface area (Å²) in [5, 5.41) is 11.5. The molecular weight excluding hydrogens is 389 g/mol. The Morgan fingerprint density at radius 3 is 2.71 bits per heavy atom. The molecule has 3 heterocycles. The lowest BCUT2D eigenvalue weighted by molar-refractivity contribution is -0.173. The van der Waals surface area contributed by atoms with Crippen molar-refractivity contribution in [3.8, 4) is 0 Å². The van der Waals surface area contributed by atoms with Crippen LogP contribution in [0.25, 0.3) is 0 Å². The van der Waals surface area contributed by atoms with Gasteiger partial charge in [0.15, 0.2) is 6.04 Å². The third-order valence-corrected chi connectivity index (χ3v) is 5.65. The highest BCUT2D eigenvalue weighted by molar-refractivity contribution is 7.10. The Labute approximate surface area is 163 Å². The number of thiophene rings is 1. The number of carbonyl (C=O) groups excluding carboxylic acids is 1. The first-order chi connectivity index (χ1) is 13.4. The fraction of sp³-hybridized carbons (Fsp3) is 0.263. The van der Waals surface area contributed by atoms with E-state index in [1.807, 2.05) is 35.7 Å². The Morgan fingerprint density at radius 2 is 2.04 bits per heavy atom. The maximum Gasteiger partial charge on any atom is 0.410 e. The van der Waals surface area contributed by atoms with Crippen molar-refractivity contribution in [3.63, 3.8) is 0 Å². The monoisotopic (exact) mass is 406 g/mol. The van der Waals surface area contributed by atoms with Gasteiger partial charge in [-0.05, 0) is 17.0 Å². The first kappa shape index (κ1) is 18.5. The smallest absolute Gasteiger partial charge is 0.362 e. The Morgan fingerprint density at radius 1 is 1.25 bits per heavy atom. The molecule has 0 unspecified atom stereocenters. The lowest BCUT2D eigenvalue weighted by Crippen LogP contribution is -2.36. The first-order valence-electron chi connectivity index (χ1n) is 8.70. The van der Waals surface area contributed by atoms with Crippen LogP contribution in [0.4, 0.5) is 19.0 Å². The van der Waals surface area contributed by atoms with Gasteiger partial charge in [0.2, 0.25) is 0 Å². The van der Waals surface area contributed by atoms with Gasteiger partial charge in [-0.1, -0.05) is 36.4 Å². The second-order valence-corrected chi connectivity index (χ2v) is 7.50. The number of amides is 1. The molecular formula is C19H17F3N4OS. The number of fused-ring (bicyclic) bond motifs is 1. The van der Waals surface area contributed by atoms with E-state index in [1.54, 1.807) is 12.1 Å². The highest BCUT2D eigenvalue weighted by Gasteiger charge is 2.47. The van der Waals surface area contributed by atoms with Crippen molar-refractivity contribution < 1.29 is 18.0 Å². The van der Waals surface area contributed by atoms with Crippen LogP contribution in [0.5, 0.6) is 0 Å². The molecule has 0 fully saturated rings. The van der Waals surface area contributed by atoms with E-state index in [9.17, 15) is 18.0 Å². The molecule has 28 heavy (non-hydrogen) atoms. The van der Waals surface area contributed by atoms with Crippen molar-refractivity contribution in [2.45, 2.75) is 31.2 Å². The molecule has 2 N–H and O–H groups in total. The molecule has 1 amide bonds. The van der Waals surface area contributed by atoms with Gasteiger partial charge >= 0.3 is 6.18 Å². The number of nitrogens with zero attached hydrogens (tertiary/aromatic N) is 2. The van der Waals surface area contributed by atoms with Gasteiger partial charge < -0.3 is 10.6 Å². The van der Waals surface area contributed by atoms with E-state index in [1.165, 1.54) is 17.5 Å². The highest BCUT2D eigenvalue weighted by Crippen LogP contribution is 2.44. The average molecular weight is 406 g/mol. The second-order valence-electron chi connectivity index (χ2n) is 6.53. The number of carbonyl (C=O) groups is 1. The number of benzene rings is 1. The third kappa shape index (κ3) is 3.62. The molecule has 146 valence electrons. The largest absolute Gasteiger partial charge is 0.410 e. The summed E-state index contributed by atoms with van der Waals surface area (Å²) in [5.74, 6) is -0.372. The van der Waals surface area contributed by atoms with Gasteiger partial charge in [-0.3, -0.25) is 4.79 Å². The normalized spacial score (nSPS) is 19.0. The first-order valence-corrected chi connectivity index (χ1v) is 9.57. The molecule has 2 atom stereocenters. The minimum absolute atomic E-state index is 0.0949.